The number of hydrogen-bond donors (Lipinski definition) is 1. The van der Waals surface area contributed by atoms with Crippen LogP contribution >= 0.6 is 0 Å². The Labute approximate surface area is 117 Å². The molecule has 102 valence electrons. The van der Waals surface area contributed by atoms with E-state index in [0.29, 0.717) is 5.69 Å². The summed E-state index contributed by atoms with van der Waals surface area (Å²) in [5, 5.41) is 2.57. The van der Waals surface area contributed by atoms with E-state index >= 15 is 0 Å². The Morgan fingerprint density at radius 1 is 1.05 bits per heavy atom. The number of amides is 1. The van der Waals surface area contributed by atoms with Crippen LogP contribution in [-0.4, -0.2) is 19.0 Å². The zero-order chi connectivity index (χ0) is 14.5. The molecule has 0 radical (unpaired) electrons. The molecule has 1 amide bonds. The number of carbonyl (C=O) groups is 2. The summed E-state index contributed by atoms with van der Waals surface area (Å²) in [4.78, 5) is 22.8. The van der Waals surface area contributed by atoms with Crippen LogP contribution < -0.4 is 5.32 Å². The fraction of sp³-hybridized carbons (Fsp3) is 0.125. The lowest BCUT2D eigenvalue weighted by molar-refractivity contribution is -0.150. The van der Waals surface area contributed by atoms with Crippen LogP contribution in [0.4, 0.5) is 5.69 Å². The van der Waals surface area contributed by atoms with Crippen molar-refractivity contribution in [1.82, 2.24) is 0 Å². The predicted molar refractivity (Wildman–Crippen MR) is 77.3 cm³/mol. The van der Waals surface area contributed by atoms with Crippen LogP contribution in [0.25, 0.3) is 11.1 Å². The van der Waals surface area contributed by atoms with Gasteiger partial charge in [0.25, 0.3) is 0 Å². The monoisotopic (exact) mass is 269 g/mol. The molecule has 0 aromatic heterocycles. The van der Waals surface area contributed by atoms with Gasteiger partial charge in [0.2, 0.25) is 0 Å². The minimum Gasteiger partial charge on any atom is -0.462 e. The Bertz CT molecular complexity index is 635. The van der Waals surface area contributed by atoms with E-state index in [9.17, 15) is 9.59 Å². The highest BCUT2D eigenvalue weighted by Crippen LogP contribution is 2.28. The maximum atomic E-state index is 11.6. The van der Waals surface area contributed by atoms with Crippen LogP contribution in [0.2, 0.25) is 0 Å². The molecule has 1 N–H and O–H groups in total. The summed E-state index contributed by atoms with van der Waals surface area (Å²) in [6.45, 7) is 1.97. The molecule has 0 aliphatic rings. The molecular formula is C16H15NO3. The first-order valence-electron chi connectivity index (χ1n) is 6.17. The summed E-state index contributed by atoms with van der Waals surface area (Å²) < 4.78 is 4.40. The Morgan fingerprint density at radius 2 is 1.75 bits per heavy atom. The van der Waals surface area contributed by atoms with Crippen LogP contribution in [0, 0.1) is 6.92 Å². The highest BCUT2D eigenvalue weighted by molar-refractivity contribution is 6.37. The highest BCUT2D eigenvalue weighted by atomic mass is 16.5. The summed E-state index contributed by atoms with van der Waals surface area (Å²) in [6, 6.07) is 15.3. The van der Waals surface area contributed by atoms with Gasteiger partial charge in [-0.1, -0.05) is 42.0 Å². The lowest BCUT2D eigenvalue weighted by Gasteiger charge is -2.11. The van der Waals surface area contributed by atoms with Gasteiger partial charge in [0, 0.05) is 11.3 Å². The standard InChI is InChI=1S/C16H15NO3/c1-11-8-9-14(17-15(18)16(19)20-2)13(10-11)12-6-4-3-5-7-12/h3-10H,1-2H3,(H,17,18). The van der Waals surface area contributed by atoms with Crippen molar-refractivity contribution in [3.63, 3.8) is 0 Å². The second-order valence-electron chi connectivity index (χ2n) is 4.36. The second kappa shape index (κ2) is 6.02. The number of carbonyl (C=O) groups excluding carboxylic acids is 2. The molecule has 20 heavy (non-hydrogen) atoms. The third-order valence-corrected chi connectivity index (χ3v) is 2.88. The molecule has 0 fully saturated rings. The van der Waals surface area contributed by atoms with Gasteiger partial charge in [0.15, 0.2) is 0 Å². The maximum absolute atomic E-state index is 11.6. The number of benzene rings is 2. The van der Waals surface area contributed by atoms with Gasteiger partial charge in [0.05, 0.1) is 7.11 Å². The first-order valence-corrected chi connectivity index (χ1v) is 6.17. The Morgan fingerprint density at radius 3 is 2.40 bits per heavy atom. The Hall–Kier alpha value is -2.62. The fourth-order valence-corrected chi connectivity index (χ4v) is 1.89. The van der Waals surface area contributed by atoms with Gasteiger partial charge in [-0.05, 0) is 24.6 Å². The van der Waals surface area contributed by atoms with Crippen molar-refractivity contribution >= 4 is 17.6 Å². The quantitative estimate of drug-likeness (QED) is 0.673. The summed E-state index contributed by atoms with van der Waals surface area (Å²) in [6.07, 6.45) is 0. The van der Waals surface area contributed by atoms with E-state index in [1.807, 2.05) is 49.4 Å². The Kier molecular flexibility index (Phi) is 4.15. The zero-order valence-corrected chi connectivity index (χ0v) is 11.3. The van der Waals surface area contributed by atoms with Crippen LogP contribution in [0.15, 0.2) is 48.5 Å². The van der Waals surface area contributed by atoms with E-state index in [4.69, 9.17) is 0 Å². The lowest BCUT2D eigenvalue weighted by Crippen LogP contribution is -2.24. The van der Waals surface area contributed by atoms with E-state index in [1.54, 1.807) is 6.07 Å². The van der Waals surface area contributed by atoms with Crippen LogP contribution in [0.3, 0.4) is 0 Å². The van der Waals surface area contributed by atoms with Crippen LogP contribution in [-0.2, 0) is 14.3 Å². The number of methoxy groups -OCH3 is 1. The lowest BCUT2D eigenvalue weighted by atomic mass is 10.0. The third kappa shape index (κ3) is 3.03. The molecular weight excluding hydrogens is 254 g/mol. The van der Waals surface area contributed by atoms with E-state index in [2.05, 4.69) is 10.1 Å². The van der Waals surface area contributed by atoms with Crippen LogP contribution in [0.5, 0.6) is 0 Å². The second-order valence-corrected chi connectivity index (χ2v) is 4.36. The van der Waals surface area contributed by atoms with Gasteiger partial charge in [-0.2, -0.15) is 0 Å². The number of nitrogens with one attached hydrogen (secondary N) is 1. The van der Waals surface area contributed by atoms with Gasteiger partial charge >= 0.3 is 11.9 Å². The molecule has 0 atom stereocenters. The van der Waals surface area contributed by atoms with Gasteiger partial charge in [-0.15, -0.1) is 0 Å². The summed E-state index contributed by atoms with van der Waals surface area (Å²) in [5.74, 6) is -1.70. The van der Waals surface area contributed by atoms with Crippen molar-refractivity contribution in [3.05, 3.63) is 54.1 Å². The first kappa shape index (κ1) is 13.8. The van der Waals surface area contributed by atoms with Gasteiger partial charge < -0.3 is 10.1 Å². The third-order valence-electron chi connectivity index (χ3n) is 2.88. The molecule has 0 saturated carbocycles. The van der Waals surface area contributed by atoms with Crippen molar-refractivity contribution in [3.8, 4) is 11.1 Å². The first-order chi connectivity index (χ1) is 9.61. The minimum atomic E-state index is -0.912. The molecule has 0 unspecified atom stereocenters. The van der Waals surface area contributed by atoms with Crippen molar-refractivity contribution < 1.29 is 14.3 Å². The van der Waals surface area contributed by atoms with E-state index in [0.717, 1.165) is 16.7 Å². The predicted octanol–water partition coefficient (Wildman–Crippen LogP) is 2.77. The number of hydrogen-bond acceptors (Lipinski definition) is 3. The molecule has 0 aliphatic carbocycles. The van der Waals surface area contributed by atoms with E-state index in [-0.39, 0.29) is 0 Å². The average Bonchev–Trinajstić information content (AvgIpc) is 2.49. The molecule has 2 rings (SSSR count). The molecule has 4 nitrogen and oxygen atoms in total. The molecule has 0 saturated heterocycles. The number of ether oxygens (including phenoxy) is 1. The van der Waals surface area contributed by atoms with Gasteiger partial charge in [-0.3, -0.25) is 4.79 Å². The number of aryl methyl sites for hydroxylation is 1. The molecule has 0 aliphatic heterocycles. The summed E-state index contributed by atoms with van der Waals surface area (Å²) >= 11 is 0. The molecule has 0 bridgehead atoms. The maximum Gasteiger partial charge on any atom is 0.396 e. The topological polar surface area (TPSA) is 55.4 Å². The van der Waals surface area contributed by atoms with Crippen molar-refractivity contribution in [1.29, 1.82) is 0 Å². The van der Waals surface area contributed by atoms with Gasteiger partial charge in [0.1, 0.15) is 0 Å². The average molecular weight is 269 g/mol. The number of anilines is 1. The number of esters is 1. The van der Waals surface area contributed by atoms with Crippen molar-refractivity contribution in [2.24, 2.45) is 0 Å². The highest BCUT2D eigenvalue weighted by Gasteiger charge is 2.16. The molecule has 0 spiro atoms. The number of rotatable bonds is 2. The van der Waals surface area contributed by atoms with E-state index in [1.165, 1.54) is 7.11 Å². The molecule has 2 aromatic rings. The normalized spacial score (nSPS) is 9.90. The summed E-state index contributed by atoms with van der Waals surface area (Å²) in [5.41, 5.74) is 3.48. The van der Waals surface area contributed by atoms with Crippen molar-refractivity contribution in [2.75, 3.05) is 12.4 Å². The van der Waals surface area contributed by atoms with Crippen LogP contribution in [0.1, 0.15) is 5.56 Å². The smallest absolute Gasteiger partial charge is 0.396 e. The molecule has 4 heteroatoms. The summed E-state index contributed by atoms with van der Waals surface area (Å²) in [7, 11) is 1.18. The van der Waals surface area contributed by atoms with Crippen molar-refractivity contribution in [2.45, 2.75) is 6.92 Å². The fourth-order valence-electron chi connectivity index (χ4n) is 1.89. The molecule has 2 aromatic carbocycles. The largest absolute Gasteiger partial charge is 0.462 e. The minimum absolute atomic E-state index is 0.581. The molecule has 0 heterocycles. The van der Waals surface area contributed by atoms with Gasteiger partial charge in [-0.25, -0.2) is 4.79 Å². The SMILES string of the molecule is COC(=O)C(=O)Nc1ccc(C)cc1-c1ccccc1. The Balaban J connectivity index is 2.39. The zero-order valence-electron chi connectivity index (χ0n) is 11.3. The van der Waals surface area contributed by atoms with E-state index < -0.39 is 11.9 Å².